The SMILES string of the molecule is COCCC(CC1(C(=O)Nc2cc(-c3ccccc3)ccn2)CCCC1)C(=O)O. The minimum atomic E-state index is -0.870. The van der Waals surface area contributed by atoms with Crippen molar-refractivity contribution in [2.24, 2.45) is 11.3 Å². The monoisotopic (exact) mass is 396 g/mol. The summed E-state index contributed by atoms with van der Waals surface area (Å²) in [7, 11) is 1.56. The zero-order chi connectivity index (χ0) is 20.7. The Balaban J connectivity index is 1.77. The predicted octanol–water partition coefficient (Wildman–Crippen LogP) is 4.37. The molecule has 0 saturated heterocycles. The number of rotatable bonds is 9. The quantitative estimate of drug-likeness (QED) is 0.657. The normalized spacial score (nSPS) is 16.3. The van der Waals surface area contributed by atoms with Crippen LogP contribution in [0.2, 0.25) is 0 Å². The Bertz CT molecular complexity index is 832. The maximum absolute atomic E-state index is 13.2. The molecule has 0 spiro atoms. The number of carboxylic acids is 1. The molecule has 1 saturated carbocycles. The van der Waals surface area contributed by atoms with Gasteiger partial charge in [0.25, 0.3) is 0 Å². The number of methoxy groups -OCH3 is 1. The minimum absolute atomic E-state index is 0.128. The third kappa shape index (κ3) is 5.21. The minimum Gasteiger partial charge on any atom is -0.481 e. The van der Waals surface area contributed by atoms with Crippen LogP contribution in [0.25, 0.3) is 11.1 Å². The van der Waals surface area contributed by atoms with E-state index in [4.69, 9.17) is 4.74 Å². The summed E-state index contributed by atoms with van der Waals surface area (Å²) in [6.07, 6.45) is 5.68. The second-order valence-electron chi connectivity index (χ2n) is 7.76. The average molecular weight is 396 g/mol. The highest BCUT2D eigenvalue weighted by Crippen LogP contribution is 2.44. The number of carbonyl (C=O) groups excluding carboxylic acids is 1. The fraction of sp³-hybridized carbons (Fsp3) is 0.435. The molecule has 6 nitrogen and oxygen atoms in total. The van der Waals surface area contributed by atoms with E-state index >= 15 is 0 Å². The molecule has 1 aliphatic carbocycles. The summed E-state index contributed by atoms with van der Waals surface area (Å²) in [6.45, 7) is 0.370. The van der Waals surface area contributed by atoms with Gasteiger partial charge in [0, 0.05) is 19.9 Å². The van der Waals surface area contributed by atoms with Crippen LogP contribution in [0.5, 0.6) is 0 Å². The Hall–Kier alpha value is -2.73. The van der Waals surface area contributed by atoms with E-state index in [0.29, 0.717) is 38.1 Å². The lowest BCUT2D eigenvalue weighted by molar-refractivity contribution is -0.144. The molecule has 1 aromatic carbocycles. The van der Waals surface area contributed by atoms with Gasteiger partial charge in [0.1, 0.15) is 5.82 Å². The van der Waals surface area contributed by atoms with Crippen LogP contribution in [-0.2, 0) is 14.3 Å². The molecule has 0 aliphatic heterocycles. The molecule has 2 aromatic rings. The third-order valence-corrected chi connectivity index (χ3v) is 5.81. The summed E-state index contributed by atoms with van der Waals surface area (Å²) in [5.74, 6) is -1.10. The maximum Gasteiger partial charge on any atom is 0.306 e. The third-order valence-electron chi connectivity index (χ3n) is 5.81. The Morgan fingerprint density at radius 1 is 1.17 bits per heavy atom. The van der Waals surface area contributed by atoms with Crippen molar-refractivity contribution in [3.63, 3.8) is 0 Å². The van der Waals surface area contributed by atoms with Crippen LogP contribution in [0.1, 0.15) is 38.5 Å². The summed E-state index contributed by atoms with van der Waals surface area (Å²) in [5.41, 5.74) is 1.35. The molecule has 1 amide bonds. The Kier molecular flexibility index (Phi) is 6.99. The van der Waals surface area contributed by atoms with Crippen molar-refractivity contribution in [1.29, 1.82) is 0 Å². The van der Waals surface area contributed by atoms with Gasteiger partial charge >= 0.3 is 5.97 Å². The van der Waals surface area contributed by atoms with Gasteiger partial charge < -0.3 is 15.2 Å². The molecule has 1 aliphatic rings. The summed E-state index contributed by atoms with van der Waals surface area (Å²) < 4.78 is 5.06. The highest BCUT2D eigenvalue weighted by atomic mass is 16.5. The van der Waals surface area contributed by atoms with E-state index in [2.05, 4.69) is 10.3 Å². The summed E-state index contributed by atoms with van der Waals surface area (Å²) in [5, 5.41) is 12.6. The Morgan fingerprint density at radius 3 is 2.55 bits per heavy atom. The van der Waals surface area contributed by atoms with Crippen LogP contribution in [0, 0.1) is 11.3 Å². The molecule has 1 heterocycles. The van der Waals surface area contributed by atoms with Crippen molar-refractivity contribution < 1.29 is 19.4 Å². The molecule has 3 rings (SSSR count). The van der Waals surface area contributed by atoms with Crippen LogP contribution in [0.15, 0.2) is 48.7 Å². The van der Waals surface area contributed by atoms with Gasteiger partial charge in [0.05, 0.1) is 11.3 Å². The topological polar surface area (TPSA) is 88.5 Å². The van der Waals surface area contributed by atoms with Crippen LogP contribution >= 0.6 is 0 Å². The lowest BCUT2D eigenvalue weighted by Gasteiger charge is -2.30. The summed E-state index contributed by atoms with van der Waals surface area (Å²) >= 11 is 0. The molecule has 6 heteroatoms. The largest absolute Gasteiger partial charge is 0.481 e. The Labute approximate surface area is 171 Å². The number of carbonyl (C=O) groups is 2. The molecular weight excluding hydrogens is 368 g/mol. The molecule has 0 bridgehead atoms. The molecule has 1 unspecified atom stereocenters. The first-order valence-corrected chi connectivity index (χ1v) is 10.1. The van der Waals surface area contributed by atoms with E-state index in [1.54, 1.807) is 13.3 Å². The number of amides is 1. The predicted molar refractivity (Wildman–Crippen MR) is 111 cm³/mol. The number of ether oxygens (including phenoxy) is 1. The van der Waals surface area contributed by atoms with E-state index in [0.717, 1.165) is 24.0 Å². The maximum atomic E-state index is 13.2. The molecule has 2 N–H and O–H groups in total. The van der Waals surface area contributed by atoms with Gasteiger partial charge in [-0.1, -0.05) is 43.2 Å². The summed E-state index contributed by atoms with van der Waals surface area (Å²) in [6, 6.07) is 13.7. The van der Waals surface area contributed by atoms with Crippen LogP contribution in [0.4, 0.5) is 5.82 Å². The van der Waals surface area contributed by atoms with Gasteiger partial charge in [0.2, 0.25) is 5.91 Å². The second-order valence-corrected chi connectivity index (χ2v) is 7.76. The number of benzene rings is 1. The standard InChI is InChI=1S/C23H28N2O4/c1-29-14-10-19(21(26)27)16-23(11-5-6-12-23)22(28)25-20-15-18(9-13-24-20)17-7-3-2-4-8-17/h2-4,7-9,13,15,19H,5-6,10-12,14,16H2,1H3,(H,26,27)(H,24,25,28). The van der Waals surface area contributed by atoms with Gasteiger partial charge in [-0.2, -0.15) is 0 Å². The fourth-order valence-corrected chi connectivity index (χ4v) is 4.18. The lowest BCUT2D eigenvalue weighted by Crippen LogP contribution is -2.37. The number of nitrogens with zero attached hydrogens (tertiary/aromatic N) is 1. The van der Waals surface area contributed by atoms with Crippen LogP contribution in [0.3, 0.4) is 0 Å². The van der Waals surface area contributed by atoms with Crippen molar-refractivity contribution in [3.05, 3.63) is 48.7 Å². The van der Waals surface area contributed by atoms with Gasteiger partial charge in [-0.3, -0.25) is 9.59 Å². The van der Waals surface area contributed by atoms with E-state index in [1.165, 1.54) is 0 Å². The first kappa shape index (κ1) is 21.0. The number of carboxylic acid groups (broad SMARTS) is 1. The number of nitrogens with one attached hydrogen (secondary N) is 1. The van der Waals surface area contributed by atoms with E-state index in [-0.39, 0.29) is 5.91 Å². The first-order valence-electron chi connectivity index (χ1n) is 10.1. The van der Waals surface area contributed by atoms with Crippen molar-refractivity contribution >= 4 is 17.7 Å². The van der Waals surface area contributed by atoms with E-state index in [9.17, 15) is 14.7 Å². The van der Waals surface area contributed by atoms with Gasteiger partial charge in [-0.25, -0.2) is 4.98 Å². The van der Waals surface area contributed by atoms with Crippen molar-refractivity contribution in [1.82, 2.24) is 4.98 Å². The molecule has 0 radical (unpaired) electrons. The fourth-order valence-electron chi connectivity index (χ4n) is 4.18. The van der Waals surface area contributed by atoms with Gasteiger partial charge in [-0.15, -0.1) is 0 Å². The molecule has 154 valence electrons. The van der Waals surface area contributed by atoms with Crippen molar-refractivity contribution in [2.75, 3.05) is 19.0 Å². The van der Waals surface area contributed by atoms with Gasteiger partial charge in [-0.05, 0) is 48.9 Å². The molecule has 1 atom stereocenters. The average Bonchev–Trinajstić information content (AvgIpc) is 3.22. The molecule has 29 heavy (non-hydrogen) atoms. The zero-order valence-electron chi connectivity index (χ0n) is 16.8. The van der Waals surface area contributed by atoms with E-state index in [1.807, 2.05) is 42.5 Å². The number of aliphatic carboxylic acids is 1. The smallest absolute Gasteiger partial charge is 0.306 e. The number of pyridine rings is 1. The number of aromatic nitrogens is 1. The molecular formula is C23H28N2O4. The summed E-state index contributed by atoms with van der Waals surface area (Å²) in [4.78, 5) is 29.3. The highest BCUT2D eigenvalue weighted by molar-refractivity contribution is 5.95. The van der Waals surface area contributed by atoms with E-state index < -0.39 is 17.3 Å². The van der Waals surface area contributed by atoms with Crippen molar-refractivity contribution in [3.8, 4) is 11.1 Å². The molecule has 1 aromatic heterocycles. The Morgan fingerprint density at radius 2 is 1.90 bits per heavy atom. The van der Waals surface area contributed by atoms with Gasteiger partial charge in [0.15, 0.2) is 0 Å². The van der Waals surface area contributed by atoms with Crippen molar-refractivity contribution in [2.45, 2.75) is 38.5 Å². The molecule has 1 fully saturated rings. The van der Waals surface area contributed by atoms with Crippen LogP contribution in [-0.4, -0.2) is 35.7 Å². The second kappa shape index (κ2) is 9.65. The highest BCUT2D eigenvalue weighted by Gasteiger charge is 2.44. The number of hydrogen-bond donors (Lipinski definition) is 2. The number of hydrogen-bond acceptors (Lipinski definition) is 4. The first-order chi connectivity index (χ1) is 14.0. The van der Waals surface area contributed by atoms with Crippen LogP contribution < -0.4 is 5.32 Å². The number of anilines is 1. The zero-order valence-corrected chi connectivity index (χ0v) is 16.8. The lowest BCUT2D eigenvalue weighted by atomic mass is 9.76.